The van der Waals surface area contributed by atoms with Crippen molar-refractivity contribution in [3.8, 4) is 5.75 Å². The summed E-state index contributed by atoms with van der Waals surface area (Å²) in [5.41, 5.74) is 0.512. The standard InChI is InChI=1S/C20H27F2NO/c1-2-24-18-10-9-17(19(21)20(18)22)16-7-5-15(6-8-16)11-14-23-12-3-4-13-23/h9-11,14-16H,2-8,12-13H2,1H3. The molecule has 0 spiro atoms. The number of benzene rings is 1. The van der Waals surface area contributed by atoms with Gasteiger partial charge in [0.2, 0.25) is 5.82 Å². The number of rotatable bonds is 5. The van der Waals surface area contributed by atoms with Gasteiger partial charge in [-0.25, -0.2) is 4.39 Å². The summed E-state index contributed by atoms with van der Waals surface area (Å²) in [6.45, 7) is 4.44. The van der Waals surface area contributed by atoms with Crippen molar-refractivity contribution in [1.29, 1.82) is 0 Å². The highest BCUT2D eigenvalue weighted by molar-refractivity contribution is 5.33. The molecule has 2 fully saturated rings. The summed E-state index contributed by atoms with van der Waals surface area (Å²) in [5, 5.41) is 0. The minimum atomic E-state index is -0.842. The van der Waals surface area contributed by atoms with Gasteiger partial charge < -0.3 is 9.64 Å². The van der Waals surface area contributed by atoms with E-state index in [1.807, 2.05) is 0 Å². The van der Waals surface area contributed by atoms with Gasteiger partial charge in [0.25, 0.3) is 0 Å². The van der Waals surface area contributed by atoms with Crippen molar-refractivity contribution >= 4 is 0 Å². The van der Waals surface area contributed by atoms with Gasteiger partial charge in [-0.15, -0.1) is 0 Å². The lowest BCUT2D eigenvalue weighted by Crippen LogP contribution is -2.15. The second kappa shape index (κ2) is 8.00. The maximum Gasteiger partial charge on any atom is 0.200 e. The van der Waals surface area contributed by atoms with Crippen molar-refractivity contribution in [2.45, 2.75) is 51.4 Å². The summed E-state index contributed by atoms with van der Waals surface area (Å²) in [4.78, 5) is 2.38. The van der Waals surface area contributed by atoms with Crippen molar-refractivity contribution in [1.82, 2.24) is 4.90 Å². The molecule has 1 aliphatic heterocycles. The average Bonchev–Trinajstić information content (AvgIpc) is 3.12. The van der Waals surface area contributed by atoms with E-state index in [2.05, 4.69) is 17.2 Å². The number of halogens is 2. The van der Waals surface area contributed by atoms with Crippen molar-refractivity contribution < 1.29 is 13.5 Å². The van der Waals surface area contributed by atoms with E-state index < -0.39 is 11.6 Å². The zero-order chi connectivity index (χ0) is 16.9. The zero-order valence-electron chi connectivity index (χ0n) is 14.4. The Hall–Kier alpha value is -1.58. The number of hydrogen-bond donors (Lipinski definition) is 0. The minimum Gasteiger partial charge on any atom is -0.491 e. The van der Waals surface area contributed by atoms with Gasteiger partial charge in [-0.05, 0) is 75.1 Å². The first-order valence-corrected chi connectivity index (χ1v) is 9.22. The molecule has 24 heavy (non-hydrogen) atoms. The van der Waals surface area contributed by atoms with Crippen LogP contribution in [0.2, 0.25) is 0 Å². The molecule has 1 heterocycles. The SMILES string of the molecule is CCOc1ccc(C2CCC(C=CN3CCCC3)CC2)c(F)c1F. The van der Waals surface area contributed by atoms with Gasteiger partial charge in [-0.3, -0.25) is 0 Å². The van der Waals surface area contributed by atoms with Crippen LogP contribution in [0.15, 0.2) is 24.4 Å². The van der Waals surface area contributed by atoms with Gasteiger partial charge in [0.05, 0.1) is 6.61 Å². The third-order valence-electron chi connectivity index (χ3n) is 5.30. The van der Waals surface area contributed by atoms with Crippen LogP contribution in [0.4, 0.5) is 8.78 Å². The third kappa shape index (κ3) is 3.90. The lowest BCUT2D eigenvalue weighted by molar-refractivity contribution is 0.309. The van der Waals surface area contributed by atoms with Crippen LogP contribution in [0, 0.1) is 17.6 Å². The molecule has 1 aromatic carbocycles. The molecule has 1 saturated heterocycles. The Morgan fingerprint density at radius 3 is 2.46 bits per heavy atom. The summed E-state index contributed by atoms with van der Waals surface area (Å²) < 4.78 is 33.5. The van der Waals surface area contributed by atoms with Crippen LogP contribution in [0.1, 0.15) is 56.9 Å². The summed E-state index contributed by atoms with van der Waals surface area (Å²) in [6, 6.07) is 3.27. The van der Waals surface area contributed by atoms with Crippen LogP contribution in [-0.2, 0) is 0 Å². The molecule has 0 unspecified atom stereocenters. The van der Waals surface area contributed by atoms with E-state index in [1.165, 1.54) is 25.9 Å². The average molecular weight is 335 g/mol. The number of likely N-dealkylation sites (tertiary alicyclic amines) is 1. The molecule has 1 aliphatic carbocycles. The molecule has 0 N–H and O–H groups in total. The van der Waals surface area contributed by atoms with E-state index in [-0.39, 0.29) is 11.7 Å². The lowest BCUT2D eigenvalue weighted by Gasteiger charge is -2.28. The molecule has 0 atom stereocenters. The van der Waals surface area contributed by atoms with E-state index in [9.17, 15) is 8.78 Å². The normalized spacial score (nSPS) is 24.7. The molecule has 0 bridgehead atoms. The molecule has 1 aromatic rings. The highest BCUT2D eigenvalue weighted by Gasteiger charge is 2.26. The summed E-state index contributed by atoms with van der Waals surface area (Å²) in [5.74, 6) is -0.868. The largest absolute Gasteiger partial charge is 0.491 e. The molecule has 0 amide bonds. The summed E-state index contributed by atoms with van der Waals surface area (Å²) in [6.07, 6.45) is 11.1. The number of allylic oxidation sites excluding steroid dienone is 1. The predicted molar refractivity (Wildman–Crippen MR) is 92.2 cm³/mol. The quantitative estimate of drug-likeness (QED) is 0.729. The Morgan fingerprint density at radius 2 is 1.79 bits per heavy atom. The fourth-order valence-corrected chi connectivity index (χ4v) is 3.89. The second-order valence-corrected chi connectivity index (χ2v) is 6.91. The first kappa shape index (κ1) is 17.2. The van der Waals surface area contributed by atoms with E-state index >= 15 is 0 Å². The van der Waals surface area contributed by atoms with Gasteiger partial charge in [-0.1, -0.05) is 12.1 Å². The van der Waals surface area contributed by atoms with E-state index in [0.29, 0.717) is 18.1 Å². The van der Waals surface area contributed by atoms with Crippen molar-refractivity contribution in [2.24, 2.45) is 5.92 Å². The van der Waals surface area contributed by atoms with Crippen LogP contribution < -0.4 is 4.74 Å². The Kier molecular flexibility index (Phi) is 5.75. The van der Waals surface area contributed by atoms with Crippen molar-refractivity contribution in [3.05, 3.63) is 41.6 Å². The smallest absolute Gasteiger partial charge is 0.200 e. The summed E-state index contributed by atoms with van der Waals surface area (Å²) >= 11 is 0. The number of hydrogen-bond acceptors (Lipinski definition) is 2. The monoisotopic (exact) mass is 335 g/mol. The fourth-order valence-electron chi connectivity index (χ4n) is 3.89. The predicted octanol–water partition coefficient (Wildman–Crippen LogP) is 5.25. The molecule has 0 radical (unpaired) electrons. The van der Waals surface area contributed by atoms with Crippen LogP contribution in [-0.4, -0.2) is 24.6 Å². The van der Waals surface area contributed by atoms with Crippen LogP contribution in [0.3, 0.4) is 0 Å². The van der Waals surface area contributed by atoms with E-state index in [0.717, 1.165) is 25.7 Å². The topological polar surface area (TPSA) is 12.5 Å². The van der Waals surface area contributed by atoms with Gasteiger partial charge in [0, 0.05) is 13.1 Å². The first-order chi connectivity index (χ1) is 11.7. The highest BCUT2D eigenvalue weighted by Crippen LogP contribution is 2.39. The lowest BCUT2D eigenvalue weighted by atomic mass is 9.78. The minimum absolute atomic E-state index is 0.0148. The zero-order valence-corrected chi connectivity index (χ0v) is 14.4. The van der Waals surface area contributed by atoms with Crippen LogP contribution in [0.5, 0.6) is 5.75 Å². The molecule has 3 rings (SSSR count). The van der Waals surface area contributed by atoms with E-state index in [1.54, 1.807) is 19.1 Å². The Balaban J connectivity index is 1.59. The molecular formula is C20H27F2NO. The molecule has 4 heteroatoms. The number of ether oxygens (including phenoxy) is 1. The van der Waals surface area contributed by atoms with Crippen molar-refractivity contribution in [3.63, 3.8) is 0 Å². The molecule has 1 saturated carbocycles. The van der Waals surface area contributed by atoms with Gasteiger partial charge in [0.1, 0.15) is 0 Å². The van der Waals surface area contributed by atoms with Crippen molar-refractivity contribution in [2.75, 3.05) is 19.7 Å². The number of nitrogens with zero attached hydrogens (tertiary/aromatic N) is 1. The molecule has 2 nitrogen and oxygen atoms in total. The first-order valence-electron chi connectivity index (χ1n) is 9.22. The van der Waals surface area contributed by atoms with Crippen LogP contribution in [0.25, 0.3) is 0 Å². The Morgan fingerprint density at radius 1 is 1.08 bits per heavy atom. The highest BCUT2D eigenvalue weighted by atomic mass is 19.2. The third-order valence-corrected chi connectivity index (χ3v) is 5.30. The Bertz CT molecular complexity index is 573. The maximum absolute atomic E-state index is 14.3. The van der Waals surface area contributed by atoms with Gasteiger partial charge in [0.15, 0.2) is 11.6 Å². The molecule has 0 aromatic heterocycles. The van der Waals surface area contributed by atoms with Crippen LogP contribution >= 0.6 is 0 Å². The summed E-state index contributed by atoms with van der Waals surface area (Å²) in [7, 11) is 0. The fraction of sp³-hybridized carbons (Fsp3) is 0.600. The molecular weight excluding hydrogens is 308 g/mol. The molecule has 132 valence electrons. The maximum atomic E-state index is 14.3. The van der Waals surface area contributed by atoms with E-state index in [4.69, 9.17) is 4.74 Å². The second-order valence-electron chi connectivity index (χ2n) is 6.91. The van der Waals surface area contributed by atoms with Gasteiger partial charge in [-0.2, -0.15) is 4.39 Å². The molecule has 2 aliphatic rings. The van der Waals surface area contributed by atoms with Gasteiger partial charge >= 0.3 is 0 Å². The Labute approximate surface area is 143 Å².